The first kappa shape index (κ1) is 10.9. The molecular formula is C13H8ClNO3. The number of furan rings is 1. The van der Waals surface area contributed by atoms with Crippen molar-refractivity contribution in [1.29, 1.82) is 0 Å². The summed E-state index contributed by atoms with van der Waals surface area (Å²) in [4.78, 5) is 13.6. The minimum Gasteiger partial charge on any atom is -0.477 e. The molecule has 0 aliphatic heterocycles. The largest absolute Gasteiger partial charge is 0.477 e. The van der Waals surface area contributed by atoms with E-state index in [0.717, 1.165) is 5.39 Å². The normalized spacial score (nSPS) is 10.9. The second kappa shape index (κ2) is 3.92. The molecule has 0 fully saturated rings. The number of aromatic amines is 1. The summed E-state index contributed by atoms with van der Waals surface area (Å²) >= 11 is 6.02. The molecule has 3 rings (SSSR count). The van der Waals surface area contributed by atoms with Crippen molar-refractivity contribution in [3.8, 4) is 11.5 Å². The molecule has 2 N–H and O–H groups in total. The molecule has 0 bridgehead atoms. The third kappa shape index (κ3) is 1.67. The number of fused-ring (bicyclic) bond motifs is 1. The molecule has 0 aliphatic carbocycles. The number of benzene rings is 1. The first-order valence-corrected chi connectivity index (χ1v) is 5.63. The van der Waals surface area contributed by atoms with Crippen molar-refractivity contribution in [2.45, 2.75) is 0 Å². The minimum absolute atomic E-state index is 0.122. The van der Waals surface area contributed by atoms with Gasteiger partial charge in [-0.05, 0) is 24.3 Å². The lowest BCUT2D eigenvalue weighted by atomic mass is 10.2. The first-order chi connectivity index (χ1) is 8.65. The number of para-hydroxylation sites is 1. The molecule has 3 aromatic rings. The average molecular weight is 262 g/mol. The smallest absolute Gasteiger partial charge is 0.352 e. The van der Waals surface area contributed by atoms with Gasteiger partial charge >= 0.3 is 5.97 Å². The van der Waals surface area contributed by atoms with E-state index in [-0.39, 0.29) is 5.69 Å². The van der Waals surface area contributed by atoms with E-state index >= 15 is 0 Å². The van der Waals surface area contributed by atoms with Gasteiger partial charge < -0.3 is 14.5 Å². The molecule has 0 amide bonds. The van der Waals surface area contributed by atoms with E-state index in [2.05, 4.69) is 4.98 Å². The molecule has 18 heavy (non-hydrogen) atoms. The van der Waals surface area contributed by atoms with Crippen LogP contribution in [0.4, 0.5) is 0 Å². The van der Waals surface area contributed by atoms with Crippen molar-refractivity contribution in [3.05, 3.63) is 47.1 Å². The molecule has 4 nitrogen and oxygen atoms in total. The van der Waals surface area contributed by atoms with Crippen LogP contribution < -0.4 is 0 Å². The summed E-state index contributed by atoms with van der Waals surface area (Å²) in [6.45, 7) is 0. The molecule has 1 aromatic carbocycles. The highest BCUT2D eigenvalue weighted by Gasteiger charge is 2.12. The second-order valence-electron chi connectivity index (χ2n) is 3.86. The summed E-state index contributed by atoms with van der Waals surface area (Å²) < 4.78 is 5.62. The maximum atomic E-state index is 10.8. The van der Waals surface area contributed by atoms with Gasteiger partial charge in [-0.2, -0.15) is 0 Å². The number of carbonyl (C=O) groups is 1. The summed E-state index contributed by atoms with van der Waals surface area (Å²) in [6, 6.07) is 10.4. The van der Waals surface area contributed by atoms with Crippen molar-refractivity contribution in [2.75, 3.05) is 0 Å². The molecule has 0 saturated heterocycles. The van der Waals surface area contributed by atoms with E-state index in [0.29, 0.717) is 22.1 Å². The Balaban J connectivity index is 2.13. The van der Waals surface area contributed by atoms with Crippen molar-refractivity contribution in [3.63, 3.8) is 0 Å². The van der Waals surface area contributed by atoms with E-state index < -0.39 is 5.97 Å². The quantitative estimate of drug-likeness (QED) is 0.738. The molecule has 2 aromatic heterocycles. The van der Waals surface area contributed by atoms with Crippen molar-refractivity contribution < 1.29 is 14.3 Å². The van der Waals surface area contributed by atoms with Gasteiger partial charge in [-0.3, -0.25) is 0 Å². The summed E-state index contributed by atoms with van der Waals surface area (Å²) in [7, 11) is 0. The Morgan fingerprint density at radius 3 is 2.78 bits per heavy atom. The SMILES string of the molecule is O=C(O)c1ccc(-c2cc3cccc(Cl)c3o2)[nH]1. The van der Waals surface area contributed by atoms with Crippen LogP contribution in [0, 0.1) is 0 Å². The minimum atomic E-state index is -1.00. The van der Waals surface area contributed by atoms with Crippen LogP contribution in [0.2, 0.25) is 5.02 Å². The van der Waals surface area contributed by atoms with Gasteiger partial charge in [0.15, 0.2) is 11.3 Å². The topological polar surface area (TPSA) is 66.2 Å². The molecule has 0 saturated carbocycles. The van der Waals surface area contributed by atoms with Crippen molar-refractivity contribution in [2.24, 2.45) is 0 Å². The van der Waals surface area contributed by atoms with Crippen LogP contribution in [0.15, 0.2) is 40.8 Å². The molecule has 0 atom stereocenters. The van der Waals surface area contributed by atoms with Crippen LogP contribution >= 0.6 is 11.6 Å². The van der Waals surface area contributed by atoms with Crippen LogP contribution in [0.3, 0.4) is 0 Å². The number of hydrogen-bond acceptors (Lipinski definition) is 2. The van der Waals surface area contributed by atoms with Crippen LogP contribution in [-0.2, 0) is 0 Å². The number of halogens is 1. The van der Waals surface area contributed by atoms with Crippen LogP contribution in [0.5, 0.6) is 0 Å². The van der Waals surface area contributed by atoms with Gasteiger partial charge in [0.1, 0.15) is 5.69 Å². The van der Waals surface area contributed by atoms with Crippen molar-refractivity contribution in [1.82, 2.24) is 4.98 Å². The van der Waals surface area contributed by atoms with Gasteiger partial charge in [0, 0.05) is 5.39 Å². The molecule has 0 aliphatic rings. The Bertz CT molecular complexity index is 742. The third-order valence-electron chi connectivity index (χ3n) is 2.68. The van der Waals surface area contributed by atoms with E-state index in [1.165, 1.54) is 6.07 Å². The number of aromatic nitrogens is 1. The van der Waals surface area contributed by atoms with E-state index in [4.69, 9.17) is 21.1 Å². The number of nitrogens with one attached hydrogen (secondary N) is 1. The Morgan fingerprint density at radius 2 is 2.11 bits per heavy atom. The zero-order valence-corrected chi connectivity index (χ0v) is 9.86. The van der Waals surface area contributed by atoms with Crippen molar-refractivity contribution >= 4 is 28.5 Å². The fourth-order valence-electron chi connectivity index (χ4n) is 1.82. The fraction of sp³-hybridized carbons (Fsp3) is 0. The van der Waals surface area contributed by atoms with E-state index in [9.17, 15) is 4.79 Å². The summed E-state index contributed by atoms with van der Waals surface area (Å²) in [6.07, 6.45) is 0. The molecule has 2 heterocycles. The monoisotopic (exact) mass is 261 g/mol. The summed E-state index contributed by atoms with van der Waals surface area (Å²) in [5.41, 5.74) is 1.33. The lowest BCUT2D eigenvalue weighted by Crippen LogP contribution is -1.95. The number of aromatic carboxylic acids is 1. The van der Waals surface area contributed by atoms with Gasteiger partial charge in [-0.1, -0.05) is 23.7 Å². The van der Waals surface area contributed by atoms with Gasteiger partial charge in [0.2, 0.25) is 0 Å². The van der Waals surface area contributed by atoms with Crippen LogP contribution in [-0.4, -0.2) is 16.1 Å². The number of carboxylic acids is 1. The molecule has 0 radical (unpaired) electrons. The maximum Gasteiger partial charge on any atom is 0.352 e. The number of rotatable bonds is 2. The highest BCUT2D eigenvalue weighted by Crippen LogP contribution is 2.31. The molecule has 5 heteroatoms. The second-order valence-corrected chi connectivity index (χ2v) is 4.27. The number of carboxylic acid groups (broad SMARTS) is 1. The predicted molar refractivity (Wildman–Crippen MR) is 68.0 cm³/mol. The van der Waals surface area contributed by atoms with E-state index in [1.807, 2.05) is 18.2 Å². The Labute approximate surface area is 107 Å². The lowest BCUT2D eigenvalue weighted by molar-refractivity contribution is 0.0691. The van der Waals surface area contributed by atoms with Crippen LogP contribution in [0.1, 0.15) is 10.5 Å². The highest BCUT2D eigenvalue weighted by molar-refractivity contribution is 6.34. The van der Waals surface area contributed by atoms with Gasteiger partial charge in [-0.25, -0.2) is 4.79 Å². The fourth-order valence-corrected chi connectivity index (χ4v) is 2.04. The average Bonchev–Trinajstić information content (AvgIpc) is 2.95. The third-order valence-corrected chi connectivity index (χ3v) is 2.98. The number of H-pyrrole nitrogens is 1. The summed E-state index contributed by atoms with van der Waals surface area (Å²) in [5.74, 6) is -0.444. The zero-order chi connectivity index (χ0) is 12.7. The molecular weight excluding hydrogens is 254 g/mol. The van der Waals surface area contributed by atoms with Crippen LogP contribution in [0.25, 0.3) is 22.4 Å². The standard InChI is InChI=1S/C13H8ClNO3/c14-8-3-1-2-7-6-11(18-12(7)8)9-4-5-10(15-9)13(16)17/h1-6,15H,(H,16,17). The highest BCUT2D eigenvalue weighted by atomic mass is 35.5. The van der Waals surface area contributed by atoms with Gasteiger partial charge in [0.05, 0.1) is 10.7 Å². The predicted octanol–water partition coefficient (Wildman–Crippen LogP) is 3.78. The Morgan fingerprint density at radius 1 is 1.28 bits per heavy atom. The maximum absolute atomic E-state index is 10.8. The first-order valence-electron chi connectivity index (χ1n) is 5.26. The Kier molecular flexibility index (Phi) is 2.38. The number of hydrogen-bond donors (Lipinski definition) is 2. The molecule has 0 unspecified atom stereocenters. The molecule has 0 spiro atoms. The summed E-state index contributed by atoms with van der Waals surface area (Å²) in [5, 5.41) is 10.3. The van der Waals surface area contributed by atoms with Gasteiger partial charge in [0.25, 0.3) is 0 Å². The van der Waals surface area contributed by atoms with Gasteiger partial charge in [-0.15, -0.1) is 0 Å². The van der Waals surface area contributed by atoms with E-state index in [1.54, 1.807) is 12.1 Å². The zero-order valence-electron chi connectivity index (χ0n) is 9.11. The Hall–Kier alpha value is -2.20. The lowest BCUT2D eigenvalue weighted by Gasteiger charge is -1.91. The molecule has 90 valence electrons.